The van der Waals surface area contributed by atoms with Crippen LogP contribution in [0.1, 0.15) is 19.3 Å². The minimum Gasteiger partial charge on any atom is -0.370 e. The fourth-order valence-electron chi connectivity index (χ4n) is 2.10. The number of nitrogens with zero attached hydrogens (tertiary/aromatic N) is 4. The van der Waals surface area contributed by atoms with Crippen molar-refractivity contribution >= 4 is 23.8 Å². The average molecular weight is 295 g/mol. The SMILES string of the molecule is NC(=O)COCCNc1nc(N)nc(N2CCCCC2)n1. The first kappa shape index (κ1) is 15.2. The summed E-state index contributed by atoms with van der Waals surface area (Å²) in [6, 6.07) is 0. The molecule has 1 amide bonds. The molecule has 2 heterocycles. The topological polar surface area (TPSA) is 132 Å². The summed E-state index contributed by atoms with van der Waals surface area (Å²) < 4.78 is 5.04. The Hall–Kier alpha value is -2.16. The van der Waals surface area contributed by atoms with E-state index in [1.807, 2.05) is 0 Å². The normalized spacial score (nSPS) is 15.0. The van der Waals surface area contributed by atoms with Crippen LogP contribution in [0.5, 0.6) is 0 Å². The van der Waals surface area contributed by atoms with Crippen molar-refractivity contribution in [3.8, 4) is 0 Å². The third-order valence-corrected chi connectivity index (χ3v) is 3.05. The monoisotopic (exact) mass is 295 g/mol. The van der Waals surface area contributed by atoms with Crippen LogP contribution < -0.4 is 21.7 Å². The third-order valence-electron chi connectivity index (χ3n) is 3.05. The summed E-state index contributed by atoms with van der Waals surface area (Å²) in [7, 11) is 0. The first-order valence-corrected chi connectivity index (χ1v) is 7.01. The molecule has 0 aliphatic carbocycles. The standard InChI is InChI=1S/C12H21N7O2/c13-9(20)8-21-7-4-15-11-16-10(14)17-12(18-11)19-5-2-1-3-6-19/h1-8H2,(H2,13,20)(H3,14,15,16,17,18). The molecule has 2 rings (SSSR count). The van der Waals surface area contributed by atoms with Crippen LogP contribution in [0.15, 0.2) is 0 Å². The van der Waals surface area contributed by atoms with E-state index in [-0.39, 0.29) is 12.6 Å². The summed E-state index contributed by atoms with van der Waals surface area (Å²) in [6.07, 6.45) is 3.50. The van der Waals surface area contributed by atoms with Gasteiger partial charge in [0.05, 0.1) is 6.61 Å². The lowest BCUT2D eigenvalue weighted by Crippen LogP contribution is -2.31. The summed E-state index contributed by atoms with van der Waals surface area (Å²) in [6.45, 7) is 2.55. The zero-order valence-corrected chi connectivity index (χ0v) is 11.9. The van der Waals surface area contributed by atoms with Crippen molar-refractivity contribution < 1.29 is 9.53 Å². The van der Waals surface area contributed by atoms with Gasteiger partial charge in [0.2, 0.25) is 23.8 Å². The van der Waals surface area contributed by atoms with Crippen molar-refractivity contribution in [3.63, 3.8) is 0 Å². The van der Waals surface area contributed by atoms with Crippen molar-refractivity contribution in [2.45, 2.75) is 19.3 Å². The van der Waals surface area contributed by atoms with Crippen molar-refractivity contribution in [2.24, 2.45) is 5.73 Å². The molecular formula is C12H21N7O2. The van der Waals surface area contributed by atoms with Crippen LogP contribution in [-0.4, -0.2) is 53.7 Å². The van der Waals surface area contributed by atoms with Gasteiger partial charge >= 0.3 is 0 Å². The van der Waals surface area contributed by atoms with Crippen molar-refractivity contribution in [2.75, 3.05) is 48.8 Å². The van der Waals surface area contributed by atoms with Crippen LogP contribution in [0.2, 0.25) is 0 Å². The zero-order chi connectivity index (χ0) is 15.1. The Morgan fingerprint density at radius 2 is 2.00 bits per heavy atom. The second-order valence-electron chi connectivity index (χ2n) is 4.81. The fourth-order valence-corrected chi connectivity index (χ4v) is 2.10. The first-order valence-electron chi connectivity index (χ1n) is 7.01. The minimum atomic E-state index is -0.494. The number of nitrogens with two attached hydrogens (primary N) is 2. The Kier molecular flexibility index (Phi) is 5.50. The average Bonchev–Trinajstić information content (AvgIpc) is 2.47. The molecule has 5 N–H and O–H groups in total. The summed E-state index contributed by atoms with van der Waals surface area (Å²) in [5, 5.41) is 2.99. The number of amides is 1. The van der Waals surface area contributed by atoms with Gasteiger partial charge < -0.3 is 26.4 Å². The lowest BCUT2D eigenvalue weighted by atomic mass is 10.1. The van der Waals surface area contributed by atoms with Gasteiger partial charge in [-0.25, -0.2) is 0 Å². The summed E-state index contributed by atoms with van der Waals surface area (Å²) >= 11 is 0. The predicted molar refractivity (Wildman–Crippen MR) is 78.8 cm³/mol. The van der Waals surface area contributed by atoms with Crippen LogP contribution in [0.3, 0.4) is 0 Å². The molecule has 0 saturated carbocycles. The molecular weight excluding hydrogens is 274 g/mol. The lowest BCUT2D eigenvalue weighted by Gasteiger charge is -2.26. The Bertz CT molecular complexity index is 477. The van der Waals surface area contributed by atoms with Crippen LogP contribution in [0, 0.1) is 0 Å². The number of rotatable bonds is 7. The number of aromatic nitrogens is 3. The van der Waals surface area contributed by atoms with Crippen molar-refractivity contribution in [3.05, 3.63) is 0 Å². The highest BCUT2D eigenvalue weighted by Crippen LogP contribution is 2.17. The molecule has 0 aromatic carbocycles. The number of nitrogens with one attached hydrogen (secondary N) is 1. The summed E-state index contributed by atoms with van der Waals surface area (Å²) in [5.41, 5.74) is 10.7. The summed E-state index contributed by atoms with van der Waals surface area (Å²) in [4.78, 5) is 25.2. The Morgan fingerprint density at radius 3 is 2.71 bits per heavy atom. The molecule has 0 unspecified atom stereocenters. The summed E-state index contributed by atoms with van der Waals surface area (Å²) in [5.74, 6) is 0.700. The maximum absolute atomic E-state index is 10.5. The first-order chi connectivity index (χ1) is 10.1. The number of carbonyl (C=O) groups excluding carboxylic acids is 1. The van der Waals surface area contributed by atoms with Crippen LogP contribution in [0.4, 0.5) is 17.8 Å². The quantitative estimate of drug-likeness (QED) is 0.566. The molecule has 1 saturated heterocycles. The van der Waals surface area contributed by atoms with E-state index in [2.05, 4.69) is 25.2 Å². The molecule has 1 fully saturated rings. The largest absolute Gasteiger partial charge is 0.370 e. The number of hydrogen-bond donors (Lipinski definition) is 3. The van der Waals surface area contributed by atoms with Crippen molar-refractivity contribution in [1.82, 2.24) is 15.0 Å². The second kappa shape index (κ2) is 7.58. The predicted octanol–water partition coefficient (Wildman–Crippen LogP) is -0.642. The molecule has 0 bridgehead atoms. The van der Waals surface area contributed by atoms with Gasteiger partial charge in [-0.15, -0.1) is 0 Å². The molecule has 1 aromatic rings. The maximum atomic E-state index is 10.5. The van der Waals surface area contributed by atoms with E-state index < -0.39 is 5.91 Å². The number of ether oxygens (including phenoxy) is 1. The maximum Gasteiger partial charge on any atom is 0.243 e. The van der Waals surface area contributed by atoms with E-state index >= 15 is 0 Å². The molecule has 0 spiro atoms. The molecule has 1 aliphatic heterocycles. The molecule has 21 heavy (non-hydrogen) atoms. The second-order valence-corrected chi connectivity index (χ2v) is 4.81. The van der Waals surface area contributed by atoms with E-state index in [1.54, 1.807) is 0 Å². The van der Waals surface area contributed by atoms with Gasteiger partial charge in [-0.3, -0.25) is 4.79 Å². The van der Waals surface area contributed by atoms with Gasteiger partial charge in [-0.2, -0.15) is 15.0 Å². The molecule has 0 atom stereocenters. The van der Waals surface area contributed by atoms with E-state index in [1.165, 1.54) is 6.42 Å². The Morgan fingerprint density at radius 1 is 1.24 bits per heavy atom. The number of nitrogen functional groups attached to an aromatic ring is 1. The number of primary amides is 1. The molecule has 1 aromatic heterocycles. The number of hydrogen-bond acceptors (Lipinski definition) is 8. The Balaban J connectivity index is 1.87. The van der Waals surface area contributed by atoms with Gasteiger partial charge in [-0.05, 0) is 19.3 Å². The van der Waals surface area contributed by atoms with Gasteiger partial charge in [0.15, 0.2) is 0 Å². The van der Waals surface area contributed by atoms with Crippen molar-refractivity contribution in [1.29, 1.82) is 0 Å². The van der Waals surface area contributed by atoms with Crippen LogP contribution in [-0.2, 0) is 9.53 Å². The van der Waals surface area contributed by atoms with E-state index in [0.717, 1.165) is 25.9 Å². The van der Waals surface area contributed by atoms with Crippen LogP contribution in [0.25, 0.3) is 0 Å². The van der Waals surface area contributed by atoms with Gasteiger partial charge in [0.1, 0.15) is 6.61 Å². The Labute approximate surface area is 123 Å². The van der Waals surface area contributed by atoms with Gasteiger partial charge in [0.25, 0.3) is 0 Å². The molecule has 116 valence electrons. The number of anilines is 3. The molecule has 1 aliphatic rings. The highest BCUT2D eigenvalue weighted by molar-refractivity contribution is 5.74. The molecule has 9 heteroatoms. The van der Waals surface area contributed by atoms with Gasteiger partial charge in [-0.1, -0.05) is 0 Å². The van der Waals surface area contributed by atoms with Crippen LogP contribution >= 0.6 is 0 Å². The van der Waals surface area contributed by atoms with E-state index in [4.69, 9.17) is 16.2 Å². The van der Waals surface area contributed by atoms with E-state index in [9.17, 15) is 4.79 Å². The smallest absolute Gasteiger partial charge is 0.243 e. The third kappa shape index (κ3) is 5.03. The minimum absolute atomic E-state index is 0.0972. The molecule has 0 radical (unpaired) electrons. The van der Waals surface area contributed by atoms with E-state index in [0.29, 0.717) is 25.0 Å². The highest BCUT2D eigenvalue weighted by atomic mass is 16.5. The number of piperidine rings is 1. The fraction of sp³-hybridized carbons (Fsp3) is 0.667. The number of carbonyl (C=O) groups is 1. The zero-order valence-electron chi connectivity index (χ0n) is 11.9. The highest BCUT2D eigenvalue weighted by Gasteiger charge is 2.15. The lowest BCUT2D eigenvalue weighted by molar-refractivity contribution is -0.122. The van der Waals surface area contributed by atoms with Gasteiger partial charge in [0, 0.05) is 19.6 Å². The molecule has 9 nitrogen and oxygen atoms in total.